The van der Waals surface area contributed by atoms with Crippen molar-refractivity contribution in [1.82, 2.24) is 5.32 Å². The lowest BCUT2D eigenvalue weighted by Crippen LogP contribution is -2.44. The van der Waals surface area contributed by atoms with Crippen molar-refractivity contribution in [3.63, 3.8) is 0 Å². The van der Waals surface area contributed by atoms with Gasteiger partial charge in [0.05, 0.1) is 17.8 Å². The van der Waals surface area contributed by atoms with Gasteiger partial charge < -0.3 is 15.2 Å². The Kier molecular flexibility index (Phi) is 6.70. The van der Waals surface area contributed by atoms with Crippen molar-refractivity contribution in [2.45, 2.75) is 31.2 Å². The molecule has 0 unspecified atom stereocenters. The predicted octanol–water partition coefficient (Wildman–Crippen LogP) is 1.22. The van der Waals surface area contributed by atoms with Crippen molar-refractivity contribution >= 4 is 21.7 Å². The first-order chi connectivity index (χ1) is 11.1. The van der Waals surface area contributed by atoms with Gasteiger partial charge in [0.25, 0.3) is 0 Å². The molecule has 0 radical (unpaired) electrons. The number of nitrogens with one attached hydrogen (secondary N) is 1. The van der Waals surface area contributed by atoms with Gasteiger partial charge in [-0.05, 0) is 24.1 Å². The predicted molar refractivity (Wildman–Crippen MR) is 84.0 cm³/mol. The molecule has 1 aromatic carbocycles. The summed E-state index contributed by atoms with van der Waals surface area (Å²) < 4.78 is 42.6. The van der Waals surface area contributed by atoms with E-state index in [-0.39, 0.29) is 16.6 Å². The number of halogens is 1. The van der Waals surface area contributed by atoms with E-state index in [1.54, 1.807) is 13.8 Å². The minimum absolute atomic E-state index is 0.0899. The van der Waals surface area contributed by atoms with E-state index in [9.17, 15) is 22.4 Å². The molecule has 0 heterocycles. The number of hydrogen-bond donors (Lipinski definition) is 2. The summed E-state index contributed by atoms with van der Waals surface area (Å²) in [4.78, 5) is 22.5. The van der Waals surface area contributed by atoms with Gasteiger partial charge in [-0.25, -0.2) is 17.6 Å². The molecule has 0 aliphatic heterocycles. The number of benzene rings is 1. The number of carboxylic acid groups (broad SMARTS) is 1. The van der Waals surface area contributed by atoms with Gasteiger partial charge in [-0.2, -0.15) is 0 Å². The highest BCUT2D eigenvalue weighted by Crippen LogP contribution is 2.21. The maximum absolute atomic E-state index is 13.6. The summed E-state index contributed by atoms with van der Waals surface area (Å²) in [6.45, 7) is 3.24. The number of aliphatic carboxylic acids is 1. The molecule has 0 spiro atoms. The zero-order valence-electron chi connectivity index (χ0n) is 13.6. The first-order valence-corrected chi connectivity index (χ1v) is 8.82. The van der Waals surface area contributed by atoms with E-state index < -0.39 is 45.7 Å². The molecule has 7 nitrogen and oxygen atoms in total. The molecular formula is C15H20FNO6S. The van der Waals surface area contributed by atoms with Crippen LogP contribution in [0.5, 0.6) is 5.75 Å². The average molecular weight is 361 g/mol. The third-order valence-corrected chi connectivity index (χ3v) is 5.04. The Morgan fingerprint density at radius 3 is 2.42 bits per heavy atom. The van der Waals surface area contributed by atoms with Gasteiger partial charge in [-0.3, -0.25) is 4.79 Å². The fraction of sp³-hybridized carbons (Fsp3) is 0.467. The maximum atomic E-state index is 13.6. The molecule has 1 amide bonds. The van der Waals surface area contributed by atoms with E-state index >= 15 is 0 Å². The summed E-state index contributed by atoms with van der Waals surface area (Å²) >= 11 is 0. The summed E-state index contributed by atoms with van der Waals surface area (Å²) in [5.41, 5.74) is 0. The molecule has 0 bridgehead atoms. The summed E-state index contributed by atoms with van der Waals surface area (Å²) in [7, 11) is -2.63. The van der Waals surface area contributed by atoms with E-state index in [0.29, 0.717) is 0 Å². The number of ether oxygens (including phenoxy) is 1. The molecule has 0 saturated carbocycles. The highest BCUT2D eigenvalue weighted by molar-refractivity contribution is 7.91. The molecule has 0 fully saturated rings. The van der Waals surface area contributed by atoms with E-state index in [2.05, 4.69) is 5.32 Å². The fourth-order valence-corrected chi connectivity index (χ4v) is 3.19. The zero-order valence-corrected chi connectivity index (χ0v) is 14.4. The van der Waals surface area contributed by atoms with Crippen LogP contribution in [0.25, 0.3) is 0 Å². The smallest absolute Gasteiger partial charge is 0.326 e. The lowest BCUT2D eigenvalue weighted by Gasteiger charge is -2.17. The lowest BCUT2D eigenvalue weighted by molar-refractivity contribution is -0.143. The lowest BCUT2D eigenvalue weighted by atomic mass is 10.0. The van der Waals surface area contributed by atoms with Crippen LogP contribution < -0.4 is 10.1 Å². The second kappa shape index (κ2) is 8.09. The molecule has 0 aromatic heterocycles. The monoisotopic (exact) mass is 361 g/mol. The normalized spacial score (nSPS) is 12.7. The Bertz CT molecular complexity index is 717. The van der Waals surface area contributed by atoms with Gasteiger partial charge >= 0.3 is 5.97 Å². The van der Waals surface area contributed by atoms with Gasteiger partial charge in [-0.1, -0.05) is 13.8 Å². The number of amides is 1. The minimum Gasteiger partial charge on any atom is -0.494 e. The Labute approximate surface area is 139 Å². The quantitative estimate of drug-likeness (QED) is 0.720. The third kappa shape index (κ3) is 5.19. The third-order valence-electron chi connectivity index (χ3n) is 3.33. The van der Waals surface area contributed by atoms with Gasteiger partial charge in [0.2, 0.25) is 5.91 Å². The molecule has 2 N–H and O–H groups in total. The van der Waals surface area contributed by atoms with E-state index in [4.69, 9.17) is 9.84 Å². The molecule has 134 valence electrons. The maximum Gasteiger partial charge on any atom is 0.326 e. The topological polar surface area (TPSA) is 110 Å². The van der Waals surface area contributed by atoms with Crippen LogP contribution in [0, 0.1) is 11.7 Å². The van der Waals surface area contributed by atoms with Gasteiger partial charge in [0, 0.05) is 6.42 Å². The summed E-state index contributed by atoms with van der Waals surface area (Å²) in [6.07, 6.45) is -0.424. The van der Waals surface area contributed by atoms with Crippen molar-refractivity contribution < 1.29 is 32.2 Å². The molecule has 24 heavy (non-hydrogen) atoms. The Balaban J connectivity index is 2.76. The number of sulfone groups is 1. The van der Waals surface area contributed by atoms with Crippen LogP contribution in [0.1, 0.15) is 20.3 Å². The minimum atomic E-state index is -3.88. The van der Waals surface area contributed by atoms with Crippen LogP contribution in [-0.2, 0) is 19.4 Å². The number of methoxy groups -OCH3 is 1. The first kappa shape index (κ1) is 19.9. The number of hydrogen-bond acceptors (Lipinski definition) is 5. The number of carbonyl (C=O) groups is 2. The molecule has 0 aliphatic carbocycles. The van der Waals surface area contributed by atoms with E-state index in [1.165, 1.54) is 19.2 Å². The number of rotatable bonds is 8. The van der Waals surface area contributed by atoms with Crippen molar-refractivity contribution in [3.05, 3.63) is 24.0 Å². The molecule has 1 atom stereocenters. The van der Waals surface area contributed by atoms with Crippen molar-refractivity contribution in [1.29, 1.82) is 0 Å². The van der Waals surface area contributed by atoms with Crippen LogP contribution in [0.4, 0.5) is 4.39 Å². The molecule has 1 rings (SSSR count). The van der Waals surface area contributed by atoms with Crippen molar-refractivity contribution in [2.24, 2.45) is 5.92 Å². The standard InChI is InChI=1S/C15H20FNO6S/c1-9(2)14(15(19)20)17-13(18)6-7-24(21,22)10-4-5-12(23-3)11(16)8-10/h4-5,8-9,14H,6-7H2,1-3H3,(H,17,18)(H,19,20)/t14-/m0/s1. The van der Waals surface area contributed by atoms with E-state index in [0.717, 1.165) is 6.07 Å². The van der Waals surface area contributed by atoms with Crippen molar-refractivity contribution in [2.75, 3.05) is 12.9 Å². The highest BCUT2D eigenvalue weighted by Gasteiger charge is 2.25. The largest absolute Gasteiger partial charge is 0.494 e. The molecular weight excluding hydrogens is 341 g/mol. The van der Waals surface area contributed by atoms with Crippen molar-refractivity contribution in [3.8, 4) is 5.75 Å². The van der Waals surface area contributed by atoms with E-state index in [1.807, 2.05) is 0 Å². The summed E-state index contributed by atoms with van der Waals surface area (Å²) in [6, 6.07) is 2.09. The van der Waals surface area contributed by atoms with Crippen LogP contribution >= 0.6 is 0 Å². The highest BCUT2D eigenvalue weighted by atomic mass is 32.2. The number of carboxylic acids is 1. The first-order valence-electron chi connectivity index (χ1n) is 7.17. The SMILES string of the molecule is COc1ccc(S(=O)(=O)CCC(=O)N[C@H](C(=O)O)C(C)C)cc1F. The molecule has 0 saturated heterocycles. The Hall–Kier alpha value is -2.16. The molecule has 0 aliphatic rings. The van der Waals surface area contributed by atoms with Crippen LogP contribution in [-0.4, -0.2) is 44.3 Å². The van der Waals surface area contributed by atoms with Gasteiger partial charge in [0.15, 0.2) is 21.4 Å². The van der Waals surface area contributed by atoms with Crippen LogP contribution in [0.15, 0.2) is 23.1 Å². The van der Waals surface area contributed by atoms with Gasteiger partial charge in [-0.15, -0.1) is 0 Å². The second-order valence-electron chi connectivity index (χ2n) is 5.49. The Morgan fingerprint density at radius 1 is 1.33 bits per heavy atom. The zero-order chi connectivity index (χ0) is 18.5. The number of carbonyl (C=O) groups excluding carboxylic acids is 1. The van der Waals surface area contributed by atoms with Gasteiger partial charge in [0.1, 0.15) is 6.04 Å². The van der Waals surface area contributed by atoms with Crippen LogP contribution in [0.2, 0.25) is 0 Å². The Morgan fingerprint density at radius 2 is 1.96 bits per heavy atom. The summed E-state index contributed by atoms with van der Waals surface area (Å²) in [5, 5.41) is 11.3. The average Bonchev–Trinajstić information content (AvgIpc) is 2.50. The van der Waals surface area contributed by atoms with Crippen LogP contribution in [0.3, 0.4) is 0 Å². The summed E-state index contributed by atoms with van der Waals surface area (Å²) in [5.74, 6) is -3.72. The fourth-order valence-electron chi connectivity index (χ4n) is 1.94. The molecule has 1 aromatic rings. The molecule has 9 heteroatoms. The second-order valence-corrected chi connectivity index (χ2v) is 7.60.